The zero-order valence-electron chi connectivity index (χ0n) is 10.8. The van der Waals surface area contributed by atoms with Gasteiger partial charge in [0.05, 0.1) is 18.0 Å². The molecule has 1 aliphatic rings. The molecule has 1 unspecified atom stereocenters. The molecular weight excluding hydrogens is 212 g/mol. The van der Waals surface area contributed by atoms with Crippen LogP contribution in [0.5, 0.6) is 5.75 Å². The molecule has 1 aliphatic heterocycles. The number of ether oxygens (including phenoxy) is 1. The van der Waals surface area contributed by atoms with Gasteiger partial charge in [-0.2, -0.15) is 0 Å². The van der Waals surface area contributed by atoms with Gasteiger partial charge in [0.2, 0.25) is 0 Å². The molecule has 3 heteroatoms. The van der Waals surface area contributed by atoms with Crippen LogP contribution in [0.3, 0.4) is 0 Å². The van der Waals surface area contributed by atoms with E-state index >= 15 is 0 Å². The highest BCUT2D eigenvalue weighted by Crippen LogP contribution is 2.34. The fourth-order valence-electron chi connectivity index (χ4n) is 2.30. The minimum atomic E-state index is 0.726. The van der Waals surface area contributed by atoms with Crippen LogP contribution >= 0.6 is 0 Å². The van der Waals surface area contributed by atoms with Crippen molar-refractivity contribution in [1.82, 2.24) is 0 Å². The summed E-state index contributed by atoms with van der Waals surface area (Å²) in [6, 6.07) is 6.07. The Morgan fingerprint density at radius 3 is 2.94 bits per heavy atom. The van der Waals surface area contributed by atoms with Gasteiger partial charge < -0.3 is 15.4 Å². The van der Waals surface area contributed by atoms with E-state index in [0.717, 1.165) is 49.2 Å². The lowest BCUT2D eigenvalue weighted by Gasteiger charge is -2.21. The Morgan fingerprint density at radius 2 is 2.29 bits per heavy atom. The first-order valence-corrected chi connectivity index (χ1v) is 6.48. The number of hydrogen-bond donors (Lipinski definition) is 1. The lowest BCUT2D eigenvalue weighted by Crippen LogP contribution is -2.20. The smallest absolute Gasteiger partial charge is 0.144 e. The third kappa shape index (κ3) is 2.65. The number of nitrogens with two attached hydrogens (primary N) is 1. The predicted molar refractivity (Wildman–Crippen MR) is 72.6 cm³/mol. The molecule has 0 bridgehead atoms. The number of rotatable bonds is 4. The molecule has 3 nitrogen and oxygen atoms in total. The molecule has 1 fully saturated rings. The molecule has 0 spiro atoms. The lowest BCUT2D eigenvalue weighted by molar-refractivity contribution is 0.319. The third-order valence-corrected chi connectivity index (χ3v) is 3.27. The van der Waals surface area contributed by atoms with Crippen molar-refractivity contribution in [2.45, 2.75) is 26.7 Å². The average Bonchev–Trinajstić information content (AvgIpc) is 2.74. The maximum atomic E-state index is 6.18. The molecule has 1 atom stereocenters. The van der Waals surface area contributed by atoms with Crippen LogP contribution < -0.4 is 15.4 Å². The topological polar surface area (TPSA) is 38.5 Å². The van der Waals surface area contributed by atoms with Gasteiger partial charge in [0, 0.05) is 13.1 Å². The van der Waals surface area contributed by atoms with E-state index in [-0.39, 0.29) is 0 Å². The molecule has 1 aromatic carbocycles. The first-order chi connectivity index (χ1) is 8.22. The van der Waals surface area contributed by atoms with Crippen molar-refractivity contribution < 1.29 is 4.74 Å². The Labute approximate surface area is 104 Å². The second kappa shape index (κ2) is 5.30. The Morgan fingerprint density at radius 1 is 1.47 bits per heavy atom. The van der Waals surface area contributed by atoms with Crippen LogP contribution in [0.2, 0.25) is 0 Å². The Hall–Kier alpha value is -1.38. The van der Waals surface area contributed by atoms with Gasteiger partial charge in [0.25, 0.3) is 0 Å². The summed E-state index contributed by atoms with van der Waals surface area (Å²) < 4.78 is 5.66. The summed E-state index contributed by atoms with van der Waals surface area (Å²) in [6.45, 7) is 7.31. The molecule has 1 heterocycles. The predicted octanol–water partition coefficient (Wildman–Crippen LogP) is 2.90. The minimum Gasteiger partial charge on any atom is -0.491 e. The SMILES string of the molecule is CCCOc1cccc(N2CCC(C)C2)c1N. The van der Waals surface area contributed by atoms with E-state index in [1.165, 1.54) is 6.42 Å². The van der Waals surface area contributed by atoms with Crippen LogP contribution in [0.1, 0.15) is 26.7 Å². The maximum absolute atomic E-state index is 6.18. The first kappa shape index (κ1) is 12.1. The Bertz CT molecular complexity index is 378. The van der Waals surface area contributed by atoms with E-state index in [4.69, 9.17) is 10.5 Å². The second-order valence-corrected chi connectivity index (χ2v) is 4.88. The van der Waals surface area contributed by atoms with Crippen LogP contribution in [0.15, 0.2) is 18.2 Å². The van der Waals surface area contributed by atoms with Gasteiger partial charge in [-0.3, -0.25) is 0 Å². The fraction of sp³-hybridized carbons (Fsp3) is 0.571. The van der Waals surface area contributed by atoms with Gasteiger partial charge in [-0.25, -0.2) is 0 Å². The van der Waals surface area contributed by atoms with Crippen molar-refractivity contribution in [3.63, 3.8) is 0 Å². The third-order valence-electron chi connectivity index (χ3n) is 3.27. The van der Waals surface area contributed by atoms with E-state index in [2.05, 4.69) is 24.8 Å². The zero-order chi connectivity index (χ0) is 12.3. The van der Waals surface area contributed by atoms with Crippen LogP contribution in [-0.2, 0) is 0 Å². The molecule has 94 valence electrons. The number of benzene rings is 1. The van der Waals surface area contributed by atoms with E-state index in [1.54, 1.807) is 0 Å². The van der Waals surface area contributed by atoms with Crippen LogP contribution in [0.25, 0.3) is 0 Å². The maximum Gasteiger partial charge on any atom is 0.144 e. The van der Waals surface area contributed by atoms with Crippen LogP contribution in [0.4, 0.5) is 11.4 Å². The first-order valence-electron chi connectivity index (χ1n) is 6.48. The van der Waals surface area contributed by atoms with Crippen molar-refractivity contribution in [3.05, 3.63) is 18.2 Å². The van der Waals surface area contributed by atoms with Gasteiger partial charge >= 0.3 is 0 Å². The number of nitrogen functional groups attached to an aromatic ring is 1. The molecule has 0 radical (unpaired) electrons. The van der Waals surface area contributed by atoms with Crippen LogP contribution in [0, 0.1) is 5.92 Å². The van der Waals surface area contributed by atoms with Crippen molar-refractivity contribution in [1.29, 1.82) is 0 Å². The van der Waals surface area contributed by atoms with Gasteiger partial charge in [-0.15, -0.1) is 0 Å². The molecular formula is C14H22N2O. The summed E-state index contributed by atoms with van der Waals surface area (Å²) in [6.07, 6.45) is 2.25. The molecule has 0 aromatic heterocycles. The van der Waals surface area contributed by atoms with E-state index in [9.17, 15) is 0 Å². The molecule has 0 aliphatic carbocycles. The molecule has 1 aromatic rings. The van der Waals surface area contributed by atoms with Crippen molar-refractivity contribution in [2.75, 3.05) is 30.3 Å². The standard InChI is InChI=1S/C14H22N2O/c1-3-9-17-13-6-4-5-12(14(13)15)16-8-7-11(2)10-16/h4-6,11H,3,7-10,15H2,1-2H3. The molecule has 1 saturated heterocycles. The number of para-hydroxylation sites is 1. The quantitative estimate of drug-likeness (QED) is 0.814. The summed E-state index contributed by atoms with van der Waals surface area (Å²) in [5, 5.41) is 0. The Balaban J connectivity index is 2.17. The van der Waals surface area contributed by atoms with E-state index < -0.39 is 0 Å². The summed E-state index contributed by atoms with van der Waals surface area (Å²) >= 11 is 0. The van der Waals surface area contributed by atoms with Crippen molar-refractivity contribution in [3.8, 4) is 5.75 Å². The molecule has 17 heavy (non-hydrogen) atoms. The second-order valence-electron chi connectivity index (χ2n) is 4.88. The minimum absolute atomic E-state index is 0.726. The summed E-state index contributed by atoms with van der Waals surface area (Å²) in [5.41, 5.74) is 8.10. The highest BCUT2D eigenvalue weighted by molar-refractivity contribution is 5.74. The molecule has 2 rings (SSSR count). The van der Waals surface area contributed by atoms with Gasteiger partial charge in [0.15, 0.2) is 0 Å². The van der Waals surface area contributed by atoms with Crippen molar-refractivity contribution >= 4 is 11.4 Å². The van der Waals surface area contributed by atoms with E-state index in [0.29, 0.717) is 0 Å². The van der Waals surface area contributed by atoms with E-state index in [1.807, 2.05) is 12.1 Å². The summed E-state index contributed by atoms with van der Waals surface area (Å²) in [7, 11) is 0. The van der Waals surface area contributed by atoms with Crippen LogP contribution in [-0.4, -0.2) is 19.7 Å². The highest BCUT2D eigenvalue weighted by Gasteiger charge is 2.21. The summed E-state index contributed by atoms with van der Waals surface area (Å²) in [5.74, 6) is 1.58. The monoisotopic (exact) mass is 234 g/mol. The normalized spacial score (nSPS) is 19.6. The number of hydrogen-bond acceptors (Lipinski definition) is 3. The van der Waals surface area contributed by atoms with Gasteiger partial charge in [-0.1, -0.05) is 19.9 Å². The molecule has 2 N–H and O–H groups in total. The summed E-state index contributed by atoms with van der Waals surface area (Å²) in [4.78, 5) is 2.36. The van der Waals surface area contributed by atoms with Gasteiger partial charge in [0.1, 0.15) is 5.75 Å². The molecule has 0 amide bonds. The zero-order valence-corrected chi connectivity index (χ0v) is 10.8. The number of nitrogens with zero attached hydrogens (tertiary/aromatic N) is 1. The molecule has 0 saturated carbocycles. The fourth-order valence-corrected chi connectivity index (χ4v) is 2.30. The van der Waals surface area contributed by atoms with Gasteiger partial charge in [-0.05, 0) is 30.9 Å². The lowest BCUT2D eigenvalue weighted by atomic mass is 10.2. The van der Waals surface area contributed by atoms with Crippen molar-refractivity contribution in [2.24, 2.45) is 5.92 Å². The Kier molecular flexibility index (Phi) is 3.77. The highest BCUT2D eigenvalue weighted by atomic mass is 16.5. The largest absolute Gasteiger partial charge is 0.491 e. The average molecular weight is 234 g/mol. The number of anilines is 2.